The molecule has 1 unspecified atom stereocenters. The number of nitrogens with zero attached hydrogens (tertiary/aromatic N) is 7. The lowest BCUT2D eigenvalue weighted by atomic mass is 9.73. The van der Waals surface area contributed by atoms with Gasteiger partial charge in [0.1, 0.15) is 12.9 Å². The van der Waals surface area contributed by atoms with Gasteiger partial charge in [-0.3, -0.25) is 9.69 Å². The Labute approximate surface area is 203 Å². The third kappa shape index (κ3) is 3.64. The van der Waals surface area contributed by atoms with Crippen LogP contribution in [0.15, 0.2) is 35.9 Å². The van der Waals surface area contributed by atoms with E-state index in [1.165, 1.54) is 11.0 Å². The van der Waals surface area contributed by atoms with Crippen LogP contribution in [0.3, 0.4) is 0 Å². The second-order valence-electron chi connectivity index (χ2n) is 10.1. The van der Waals surface area contributed by atoms with Crippen LogP contribution in [-0.2, 0) is 19.1 Å². The predicted octanol–water partition coefficient (Wildman–Crippen LogP) is 1.42. The van der Waals surface area contributed by atoms with E-state index in [2.05, 4.69) is 25.4 Å². The molecule has 2 aromatic rings. The second-order valence-corrected chi connectivity index (χ2v) is 10.1. The van der Waals surface area contributed by atoms with Crippen LogP contribution in [0, 0.1) is 5.41 Å². The first-order valence-electron chi connectivity index (χ1n) is 12.2. The van der Waals surface area contributed by atoms with Crippen molar-refractivity contribution in [1.29, 1.82) is 0 Å². The number of hydrogen-bond acceptors (Lipinski definition) is 9. The number of methoxy groups -OCH3 is 1. The Balaban J connectivity index is 1.16. The molecule has 1 spiro atoms. The Bertz CT molecular complexity index is 1150. The number of pyridine rings is 1. The summed E-state index contributed by atoms with van der Waals surface area (Å²) in [5.41, 5.74) is 1.99. The number of cyclic esters (lactones) is 1. The summed E-state index contributed by atoms with van der Waals surface area (Å²) >= 11 is 0. The predicted molar refractivity (Wildman–Crippen MR) is 122 cm³/mol. The minimum absolute atomic E-state index is 0.118. The molecule has 11 heteroatoms. The van der Waals surface area contributed by atoms with Gasteiger partial charge in [0.25, 0.3) is 0 Å². The number of ether oxygens (including phenoxy) is 2. The van der Waals surface area contributed by atoms with Gasteiger partial charge in [-0.15, -0.1) is 5.10 Å². The van der Waals surface area contributed by atoms with Crippen LogP contribution in [0.2, 0.25) is 0 Å². The third-order valence-corrected chi connectivity index (χ3v) is 8.33. The molecule has 4 aliphatic rings. The number of likely N-dealkylation sites (tertiary alicyclic amines) is 1. The molecule has 0 N–H and O–H groups in total. The Morgan fingerprint density at radius 2 is 2.03 bits per heavy atom. The van der Waals surface area contributed by atoms with Crippen molar-refractivity contribution in [2.24, 2.45) is 5.41 Å². The number of carbonyl (C=O) groups excluding carboxylic acids is 2. The van der Waals surface area contributed by atoms with E-state index in [1.54, 1.807) is 14.0 Å². The maximum Gasteiger partial charge on any atom is 0.336 e. The van der Waals surface area contributed by atoms with Gasteiger partial charge in [-0.1, -0.05) is 6.07 Å². The summed E-state index contributed by atoms with van der Waals surface area (Å²) in [6.45, 7) is 3.39. The Morgan fingerprint density at radius 3 is 2.63 bits per heavy atom. The average molecular weight is 480 g/mol. The molecule has 184 valence electrons. The highest BCUT2D eigenvalue weighted by atomic mass is 16.5. The van der Waals surface area contributed by atoms with Gasteiger partial charge >= 0.3 is 5.97 Å². The molecule has 2 bridgehead atoms. The van der Waals surface area contributed by atoms with Gasteiger partial charge in [0.05, 0.1) is 22.8 Å². The standard InChI is InChI=1S/C24H29N7O4/c1-15-19(13-35-22(15)32)29-8-7-24(23(29)33)9-17-4-5-18(10-24)30(17)12-20(34-2)16-3-6-21(25-11-16)31-14-26-27-28-31/h3,6,11,14,17-18,20H,4-5,7-10,12-13H2,1-2H3/t17-,18+,20-,24?/m0/s1. The molecule has 1 amide bonds. The van der Waals surface area contributed by atoms with E-state index in [0.29, 0.717) is 30.0 Å². The number of tetrazole rings is 1. The first-order valence-corrected chi connectivity index (χ1v) is 12.2. The number of piperidine rings is 1. The first-order chi connectivity index (χ1) is 17.0. The summed E-state index contributed by atoms with van der Waals surface area (Å²) in [4.78, 5) is 34.3. The lowest BCUT2D eigenvalue weighted by Gasteiger charge is -2.44. The smallest absolute Gasteiger partial charge is 0.336 e. The molecular formula is C24H29N7O4. The summed E-state index contributed by atoms with van der Waals surface area (Å²) in [5.74, 6) is 0.514. The van der Waals surface area contributed by atoms with E-state index in [0.717, 1.165) is 49.9 Å². The molecule has 0 aliphatic carbocycles. The van der Waals surface area contributed by atoms with Crippen molar-refractivity contribution in [2.45, 2.75) is 57.2 Å². The largest absolute Gasteiger partial charge is 0.456 e. The molecule has 4 atom stereocenters. The van der Waals surface area contributed by atoms with Crippen molar-refractivity contribution in [3.05, 3.63) is 41.5 Å². The molecular weight excluding hydrogens is 450 g/mol. The zero-order chi connectivity index (χ0) is 24.2. The van der Waals surface area contributed by atoms with Crippen LogP contribution in [0.25, 0.3) is 5.82 Å². The summed E-state index contributed by atoms with van der Waals surface area (Å²) in [6, 6.07) is 4.59. The van der Waals surface area contributed by atoms with E-state index in [-0.39, 0.29) is 30.0 Å². The number of aromatic nitrogens is 5. The number of carbonyl (C=O) groups is 2. The zero-order valence-corrected chi connectivity index (χ0v) is 20.0. The highest BCUT2D eigenvalue weighted by Crippen LogP contribution is 2.52. The van der Waals surface area contributed by atoms with Gasteiger partial charge in [-0.05, 0) is 55.5 Å². The number of rotatable bonds is 6. The van der Waals surface area contributed by atoms with Crippen molar-refractivity contribution in [3.63, 3.8) is 0 Å². The van der Waals surface area contributed by atoms with Crippen LogP contribution in [0.4, 0.5) is 0 Å². The van der Waals surface area contributed by atoms with Gasteiger partial charge in [0, 0.05) is 44.0 Å². The van der Waals surface area contributed by atoms with Gasteiger partial charge in [0.15, 0.2) is 5.82 Å². The summed E-state index contributed by atoms with van der Waals surface area (Å²) in [6.07, 6.45) is 7.95. The molecule has 2 aromatic heterocycles. The van der Waals surface area contributed by atoms with Gasteiger partial charge in [-0.25, -0.2) is 9.78 Å². The number of hydrogen-bond donors (Lipinski definition) is 0. The van der Waals surface area contributed by atoms with E-state index < -0.39 is 0 Å². The molecule has 3 fully saturated rings. The van der Waals surface area contributed by atoms with Crippen molar-refractivity contribution in [1.82, 2.24) is 35.0 Å². The molecule has 6 heterocycles. The van der Waals surface area contributed by atoms with Crippen LogP contribution < -0.4 is 0 Å². The van der Waals surface area contributed by atoms with E-state index in [9.17, 15) is 9.59 Å². The fourth-order valence-corrected chi connectivity index (χ4v) is 6.44. The lowest BCUT2D eigenvalue weighted by molar-refractivity contribution is -0.140. The van der Waals surface area contributed by atoms with Crippen LogP contribution in [0.1, 0.15) is 50.7 Å². The van der Waals surface area contributed by atoms with Crippen LogP contribution in [0.5, 0.6) is 0 Å². The number of esters is 1. The van der Waals surface area contributed by atoms with E-state index in [4.69, 9.17) is 9.47 Å². The minimum Gasteiger partial charge on any atom is -0.456 e. The normalized spacial score (nSPS) is 29.5. The lowest BCUT2D eigenvalue weighted by Crippen LogP contribution is -2.51. The molecule has 0 saturated carbocycles. The highest BCUT2D eigenvalue weighted by molar-refractivity contribution is 5.94. The number of fused-ring (bicyclic) bond motifs is 2. The SMILES string of the molecule is CO[C@@H](CN1[C@@H]2CC[C@H]1CC1(CCN(C3=C(C)C(=O)OC3)C1=O)C2)c1ccc(-n2cnnn2)nc1. The summed E-state index contributed by atoms with van der Waals surface area (Å²) in [7, 11) is 1.73. The topological polar surface area (TPSA) is 116 Å². The van der Waals surface area contributed by atoms with Crippen molar-refractivity contribution in [2.75, 3.05) is 26.8 Å². The maximum absolute atomic E-state index is 13.6. The van der Waals surface area contributed by atoms with Crippen molar-refractivity contribution in [3.8, 4) is 5.82 Å². The Hall–Kier alpha value is -3.18. The zero-order valence-electron chi connectivity index (χ0n) is 20.0. The molecule has 3 saturated heterocycles. The molecule has 6 rings (SSSR count). The Morgan fingerprint density at radius 1 is 1.23 bits per heavy atom. The second kappa shape index (κ2) is 8.49. The molecule has 35 heavy (non-hydrogen) atoms. The van der Waals surface area contributed by atoms with Crippen LogP contribution in [-0.4, -0.2) is 85.8 Å². The summed E-state index contributed by atoms with van der Waals surface area (Å²) in [5, 5.41) is 11.2. The van der Waals surface area contributed by atoms with E-state index in [1.807, 2.05) is 23.2 Å². The third-order valence-electron chi connectivity index (χ3n) is 8.33. The quantitative estimate of drug-likeness (QED) is 0.567. The number of amides is 1. The highest BCUT2D eigenvalue weighted by Gasteiger charge is 2.56. The van der Waals surface area contributed by atoms with Gasteiger partial charge in [0.2, 0.25) is 5.91 Å². The van der Waals surface area contributed by atoms with Crippen molar-refractivity contribution < 1.29 is 19.1 Å². The monoisotopic (exact) mass is 479 g/mol. The molecule has 0 radical (unpaired) electrons. The maximum atomic E-state index is 13.6. The molecule has 4 aliphatic heterocycles. The summed E-state index contributed by atoms with van der Waals surface area (Å²) < 4.78 is 12.6. The van der Waals surface area contributed by atoms with Gasteiger partial charge in [-0.2, -0.15) is 4.68 Å². The minimum atomic E-state index is -0.334. The molecule has 11 nitrogen and oxygen atoms in total. The van der Waals surface area contributed by atoms with Gasteiger partial charge < -0.3 is 14.4 Å². The van der Waals surface area contributed by atoms with Crippen molar-refractivity contribution >= 4 is 11.9 Å². The first kappa shape index (κ1) is 22.3. The van der Waals surface area contributed by atoms with Crippen LogP contribution >= 0.6 is 0 Å². The average Bonchev–Trinajstić information content (AvgIpc) is 3.63. The van der Waals surface area contributed by atoms with E-state index >= 15 is 0 Å². The fourth-order valence-electron chi connectivity index (χ4n) is 6.44. The Kier molecular flexibility index (Phi) is 5.41. The molecule has 0 aromatic carbocycles. The fraction of sp³-hybridized carbons (Fsp3) is 0.583.